The number of aromatic amines is 2. The molecule has 0 saturated heterocycles. The van der Waals surface area contributed by atoms with Crippen LogP contribution in [0.1, 0.15) is 122 Å². The van der Waals surface area contributed by atoms with Gasteiger partial charge in [0.1, 0.15) is 22.9 Å². The third kappa shape index (κ3) is 9.59. The summed E-state index contributed by atoms with van der Waals surface area (Å²) in [6.45, 7) is 21.3. The number of imidazole rings is 2. The number of nitrogens with one attached hydrogen (secondary N) is 4. The first kappa shape index (κ1) is 35.5. The first-order valence-electron chi connectivity index (χ1n) is 16.5. The van der Waals surface area contributed by atoms with E-state index >= 15 is 0 Å². The van der Waals surface area contributed by atoms with Gasteiger partial charge in [0.2, 0.25) is 0 Å². The largest absolute Gasteiger partial charge is 0.444 e. The van der Waals surface area contributed by atoms with Crippen molar-refractivity contribution in [1.82, 2.24) is 30.6 Å². The Balaban J connectivity index is 1.43. The number of hydrogen-bond donors (Lipinski definition) is 4. The van der Waals surface area contributed by atoms with Crippen molar-refractivity contribution >= 4 is 17.8 Å². The van der Waals surface area contributed by atoms with E-state index in [-0.39, 0.29) is 29.8 Å². The minimum Gasteiger partial charge on any atom is -0.444 e. The molecule has 1 aliphatic carbocycles. The fourth-order valence-corrected chi connectivity index (χ4v) is 5.51. The molecule has 0 saturated carbocycles. The lowest BCUT2D eigenvalue weighted by Gasteiger charge is -2.24. The van der Waals surface area contributed by atoms with Crippen LogP contribution in [0.3, 0.4) is 0 Å². The molecule has 47 heavy (non-hydrogen) atoms. The molecule has 10 heteroatoms. The fourth-order valence-electron chi connectivity index (χ4n) is 5.51. The first-order chi connectivity index (χ1) is 21.9. The Kier molecular flexibility index (Phi) is 10.7. The van der Waals surface area contributed by atoms with Gasteiger partial charge in [-0.2, -0.15) is 0 Å². The Morgan fingerprint density at radius 2 is 1.40 bits per heavy atom. The standard InChI is InChI=1S/C37H52N6O4/c1-21(2)30(42-34(44)46-36(6,7)8)32-38-19-28(40-32)25-14-12-24(13-15-25)26-16-17-27(23(5)18-26)29-20-39-33(41-29)31(22(3)4)43-35(45)47-37(9,10)11/h12-14,16-22,25,30-31H,15H2,1-11H3,(H,38,40)(H,39,41)(H,42,44)(H,43,45)/t25?,30-,31-/m0/s1. The van der Waals surface area contributed by atoms with Crippen molar-refractivity contribution in [3.63, 3.8) is 0 Å². The van der Waals surface area contributed by atoms with Gasteiger partial charge in [0.05, 0.1) is 24.0 Å². The number of alkyl carbamates (subject to hydrolysis) is 2. The predicted molar refractivity (Wildman–Crippen MR) is 186 cm³/mol. The summed E-state index contributed by atoms with van der Waals surface area (Å²) in [5.41, 5.74) is 5.21. The molecule has 2 amide bonds. The number of carbonyl (C=O) groups excluding carboxylic acids is 2. The summed E-state index contributed by atoms with van der Waals surface area (Å²) in [4.78, 5) is 41.1. The number of amides is 2. The van der Waals surface area contributed by atoms with Gasteiger partial charge in [-0.05, 0) is 83.4 Å². The number of hydrogen-bond acceptors (Lipinski definition) is 6. The zero-order valence-electron chi connectivity index (χ0n) is 29.7. The van der Waals surface area contributed by atoms with Gasteiger partial charge in [-0.1, -0.05) is 64.1 Å². The van der Waals surface area contributed by atoms with E-state index in [1.807, 2.05) is 81.6 Å². The molecule has 0 radical (unpaired) electrons. The zero-order valence-corrected chi connectivity index (χ0v) is 29.7. The zero-order chi connectivity index (χ0) is 34.7. The van der Waals surface area contributed by atoms with Crippen LogP contribution in [0.25, 0.3) is 16.8 Å². The second-order valence-electron chi connectivity index (χ2n) is 15.0. The van der Waals surface area contributed by atoms with E-state index < -0.39 is 23.4 Å². The number of aromatic nitrogens is 4. The Morgan fingerprint density at radius 1 is 0.851 bits per heavy atom. The van der Waals surface area contributed by atoms with Crippen molar-refractivity contribution in [2.75, 3.05) is 0 Å². The van der Waals surface area contributed by atoms with Crippen LogP contribution in [-0.2, 0) is 9.47 Å². The van der Waals surface area contributed by atoms with Crippen molar-refractivity contribution in [3.05, 3.63) is 77.3 Å². The molecule has 0 aliphatic heterocycles. The van der Waals surface area contributed by atoms with Crippen molar-refractivity contribution in [1.29, 1.82) is 0 Å². The summed E-state index contributed by atoms with van der Waals surface area (Å²) in [7, 11) is 0. The highest BCUT2D eigenvalue weighted by Gasteiger charge is 2.27. The molecule has 1 aromatic carbocycles. The summed E-state index contributed by atoms with van der Waals surface area (Å²) in [6.07, 6.45) is 10.2. The molecule has 1 aliphatic rings. The smallest absolute Gasteiger partial charge is 0.408 e. The summed E-state index contributed by atoms with van der Waals surface area (Å²) in [5, 5.41) is 5.93. The van der Waals surface area contributed by atoms with Crippen LogP contribution in [0.5, 0.6) is 0 Å². The highest BCUT2D eigenvalue weighted by Crippen LogP contribution is 2.33. The molecule has 0 spiro atoms. The van der Waals surface area contributed by atoms with Crippen LogP contribution in [0, 0.1) is 18.8 Å². The molecule has 2 heterocycles. The molecule has 4 N–H and O–H groups in total. The van der Waals surface area contributed by atoms with Gasteiger partial charge in [0, 0.05) is 23.4 Å². The lowest BCUT2D eigenvalue weighted by atomic mass is 9.90. The number of aryl methyl sites for hydroxylation is 1. The molecule has 254 valence electrons. The molecule has 3 aromatic rings. The lowest BCUT2D eigenvalue weighted by molar-refractivity contribution is 0.0475. The number of rotatable bonds is 9. The van der Waals surface area contributed by atoms with Crippen molar-refractivity contribution in [2.24, 2.45) is 11.8 Å². The van der Waals surface area contributed by atoms with Gasteiger partial charge in [-0.25, -0.2) is 19.6 Å². The van der Waals surface area contributed by atoms with Gasteiger partial charge in [0.15, 0.2) is 0 Å². The number of ether oxygens (including phenoxy) is 2. The highest BCUT2D eigenvalue weighted by molar-refractivity contribution is 5.78. The number of H-pyrrole nitrogens is 2. The molecule has 10 nitrogen and oxygen atoms in total. The van der Waals surface area contributed by atoms with E-state index in [4.69, 9.17) is 9.47 Å². The second kappa shape index (κ2) is 14.2. The monoisotopic (exact) mass is 644 g/mol. The van der Waals surface area contributed by atoms with Gasteiger partial charge in [-0.3, -0.25) is 0 Å². The summed E-state index contributed by atoms with van der Waals surface area (Å²) in [5.74, 6) is 1.80. The minimum atomic E-state index is -0.579. The number of nitrogens with zero attached hydrogens (tertiary/aromatic N) is 2. The Bertz CT molecular complexity index is 1620. The first-order valence-corrected chi connectivity index (χ1v) is 16.5. The summed E-state index contributed by atoms with van der Waals surface area (Å²) >= 11 is 0. The topological polar surface area (TPSA) is 134 Å². The number of carbonyl (C=O) groups is 2. The predicted octanol–water partition coefficient (Wildman–Crippen LogP) is 8.68. The van der Waals surface area contributed by atoms with E-state index in [1.54, 1.807) is 0 Å². The van der Waals surface area contributed by atoms with Gasteiger partial charge >= 0.3 is 12.2 Å². The minimum absolute atomic E-state index is 0.109. The van der Waals surface area contributed by atoms with Crippen LogP contribution in [0.4, 0.5) is 9.59 Å². The SMILES string of the molecule is Cc1cc(C2=CCC(c3cnc([C@@H](NC(=O)OC(C)(C)C)C(C)C)[nH]3)C=C2)ccc1-c1cnc([C@@H](NC(=O)OC(C)(C)C)C(C)C)[nH]1. The molecule has 3 atom stereocenters. The molecule has 4 rings (SSSR count). The van der Waals surface area contributed by atoms with E-state index in [0.29, 0.717) is 5.82 Å². The molecule has 2 aromatic heterocycles. The molecule has 0 bridgehead atoms. The van der Waals surface area contributed by atoms with Crippen molar-refractivity contribution in [2.45, 2.75) is 112 Å². The Morgan fingerprint density at radius 3 is 1.89 bits per heavy atom. The van der Waals surface area contributed by atoms with Crippen LogP contribution < -0.4 is 10.6 Å². The molecular weight excluding hydrogens is 592 g/mol. The third-order valence-corrected chi connectivity index (χ3v) is 7.83. The fraction of sp³-hybridized carbons (Fsp3) is 0.514. The van der Waals surface area contributed by atoms with E-state index in [0.717, 1.165) is 45.9 Å². The Hall–Kier alpha value is -4.34. The van der Waals surface area contributed by atoms with Crippen LogP contribution in [0.15, 0.2) is 48.8 Å². The van der Waals surface area contributed by atoms with Gasteiger partial charge < -0.3 is 30.1 Å². The second-order valence-corrected chi connectivity index (χ2v) is 15.0. The average Bonchev–Trinajstić information content (AvgIpc) is 3.63. The Labute approximate surface area is 279 Å². The molecule has 1 unspecified atom stereocenters. The van der Waals surface area contributed by atoms with E-state index in [9.17, 15) is 9.59 Å². The van der Waals surface area contributed by atoms with Crippen LogP contribution in [-0.4, -0.2) is 43.3 Å². The maximum Gasteiger partial charge on any atom is 0.408 e. The normalized spacial score (nSPS) is 16.5. The third-order valence-electron chi connectivity index (χ3n) is 7.83. The van der Waals surface area contributed by atoms with E-state index in [1.165, 1.54) is 0 Å². The number of benzene rings is 1. The quantitative estimate of drug-likeness (QED) is 0.184. The average molecular weight is 645 g/mol. The molecular formula is C37H52N6O4. The van der Waals surface area contributed by atoms with Crippen LogP contribution >= 0.6 is 0 Å². The highest BCUT2D eigenvalue weighted by atomic mass is 16.6. The van der Waals surface area contributed by atoms with E-state index in [2.05, 4.69) is 73.9 Å². The maximum atomic E-state index is 12.5. The maximum absolute atomic E-state index is 12.5. The van der Waals surface area contributed by atoms with Gasteiger partial charge in [-0.15, -0.1) is 0 Å². The van der Waals surface area contributed by atoms with Crippen LogP contribution in [0.2, 0.25) is 0 Å². The lowest BCUT2D eigenvalue weighted by Crippen LogP contribution is -2.37. The summed E-state index contributed by atoms with van der Waals surface area (Å²) in [6, 6.07) is 5.82. The van der Waals surface area contributed by atoms with Gasteiger partial charge in [0.25, 0.3) is 0 Å². The number of allylic oxidation sites excluding steroid dienone is 4. The van der Waals surface area contributed by atoms with Crippen molar-refractivity contribution < 1.29 is 19.1 Å². The summed E-state index contributed by atoms with van der Waals surface area (Å²) < 4.78 is 10.9. The van der Waals surface area contributed by atoms with Crippen molar-refractivity contribution in [3.8, 4) is 11.3 Å². The molecule has 0 fully saturated rings.